The molecule has 4 nitrogen and oxygen atoms in total. The molecule has 1 aliphatic rings. The number of nitrogens with zero attached hydrogens (tertiary/aromatic N) is 2. The van der Waals surface area contributed by atoms with E-state index in [1.54, 1.807) is 0 Å². The SMILES string of the molecule is N#CC=C1CN(S(=O)O)C1. The maximum absolute atomic E-state index is 10.3. The van der Waals surface area contributed by atoms with E-state index in [2.05, 4.69) is 0 Å². The van der Waals surface area contributed by atoms with Crippen LogP contribution in [0.1, 0.15) is 0 Å². The molecule has 1 rings (SSSR count). The first-order valence-corrected chi connectivity index (χ1v) is 3.74. The van der Waals surface area contributed by atoms with Crippen molar-refractivity contribution in [2.24, 2.45) is 0 Å². The monoisotopic (exact) mass is 158 g/mol. The third-order valence-electron chi connectivity index (χ3n) is 1.25. The summed E-state index contributed by atoms with van der Waals surface area (Å²) in [5.74, 6) is 0. The van der Waals surface area contributed by atoms with Gasteiger partial charge >= 0.3 is 0 Å². The molecule has 0 bridgehead atoms. The van der Waals surface area contributed by atoms with Crippen molar-refractivity contribution >= 4 is 11.3 Å². The molecular formula is C5H6N2O2S. The Labute approximate surface area is 61.2 Å². The maximum atomic E-state index is 10.3. The Morgan fingerprint density at radius 2 is 2.40 bits per heavy atom. The fourth-order valence-corrected chi connectivity index (χ4v) is 1.25. The lowest BCUT2D eigenvalue weighted by atomic mass is 10.1. The minimum atomic E-state index is -1.86. The van der Waals surface area contributed by atoms with Gasteiger partial charge in [0.05, 0.1) is 6.07 Å². The second-order valence-electron chi connectivity index (χ2n) is 1.96. The van der Waals surface area contributed by atoms with Crippen molar-refractivity contribution in [3.05, 3.63) is 11.6 Å². The molecule has 0 spiro atoms. The van der Waals surface area contributed by atoms with E-state index in [9.17, 15) is 4.21 Å². The molecule has 0 radical (unpaired) electrons. The zero-order valence-electron chi connectivity index (χ0n) is 5.15. The molecule has 0 aromatic heterocycles. The Kier molecular flexibility index (Phi) is 2.17. The van der Waals surface area contributed by atoms with Gasteiger partial charge in [0, 0.05) is 19.2 Å². The molecule has 1 heterocycles. The van der Waals surface area contributed by atoms with Gasteiger partial charge in [-0.3, -0.25) is 4.55 Å². The fourth-order valence-electron chi connectivity index (χ4n) is 0.700. The highest BCUT2D eigenvalue weighted by Gasteiger charge is 2.23. The van der Waals surface area contributed by atoms with Gasteiger partial charge in [0.2, 0.25) is 11.3 Å². The zero-order valence-corrected chi connectivity index (χ0v) is 5.97. The summed E-state index contributed by atoms with van der Waals surface area (Å²) >= 11 is -1.86. The third-order valence-corrected chi connectivity index (χ3v) is 1.95. The normalized spacial score (nSPS) is 21.0. The van der Waals surface area contributed by atoms with Crippen molar-refractivity contribution in [1.29, 1.82) is 5.26 Å². The molecule has 10 heavy (non-hydrogen) atoms. The number of rotatable bonds is 1. The van der Waals surface area contributed by atoms with Crippen LogP contribution in [0, 0.1) is 11.3 Å². The van der Waals surface area contributed by atoms with Gasteiger partial charge in [0.15, 0.2) is 0 Å². The second kappa shape index (κ2) is 2.92. The van der Waals surface area contributed by atoms with Gasteiger partial charge < -0.3 is 0 Å². The number of nitriles is 1. The number of allylic oxidation sites excluding steroid dienone is 1. The fraction of sp³-hybridized carbons (Fsp3) is 0.400. The number of hydrogen-bond donors (Lipinski definition) is 1. The van der Waals surface area contributed by atoms with E-state index >= 15 is 0 Å². The largest absolute Gasteiger partial charge is 0.294 e. The van der Waals surface area contributed by atoms with E-state index in [0.29, 0.717) is 13.1 Å². The minimum absolute atomic E-state index is 0.441. The summed E-state index contributed by atoms with van der Waals surface area (Å²) in [6.45, 7) is 0.882. The van der Waals surface area contributed by atoms with Gasteiger partial charge in [0.1, 0.15) is 0 Å². The van der Waals surface area contributed by atoms with E-state index in [1.807, 2.05) is 6.07 Å². The van der Waals surface area contributed by atoms with Crippen LogP contribution < -0.4 is 0 Å². The van der Waals surface area contributed by atoms with Crippen LogP contribution in [0.3, 0.4) is 0 Å². The predicted octanol–water partition coefficient (Wildman–Crippen LogP) is -0.111. The van der Waals surface area contributed by atoms with Crippen LogP contribution in [-0.2, 0) is 11.3 Å². The zero-order chi connectivity index (χ0) is 7.56. The van der Waals surface area contributed by atoms with Crippen molar-refractivity contribution in [2.45, 2.75) is 0 Å². The average molecular weight is 158 g/mol. The van der Waals surface area contributed by atoms with Crippen molar-refractivity contribution < 1.29 is 8.76 Å². The summed E-state index contributed by atoms with van der Waals surface area (Å²) in [6, 6.07) is 1.86. The average Bonchev–Trinajstić information content (AvgIpc) is 1.76. The summed E-state index contributed by atoms with van der Waals surface area (Å²) in [4.78, 5) is 0. The highest BCUT2D eigenvalue weighted by atomic mass is 32.2. The first-order chi connectivity index (χ1) is 4.74. The molecule has 0 aromatic rings. The highest BCUT2D eigenvalue weighted by molar-refractivity contribution is 7.76. The minimum Gasteiger partial charge on any atom is -0.294 e. The van der Waals surface area contributed by atoms with Gasteiger partial charge in [-0.1, -0.05) is 0 Å². The van der Waals surface area contributed by atoms with Crippen LogP contribution in [0.4, 0.5) is 0 Å². The molecule has 1 aliphatic heterocycles. The summed E-state index contributed by atoms with van der Waals surface area (Å²) in [6.07, 6.45) is 1.41. The quantitative estimate of drug-likeness (QED) is 0.427. The second-order valence-corrected chi connectivity index (χ2v) is 2.94. The molecule has 1 atom stereocenters. The standard InChI is InChI=1S/C5H6N2O2S/c6-2-1-5-3-7(4-5)10(8)9/h1H,3-4H2,(H,8,9). The van der Waals surface area contributed by atoms with E-state index in [4.69, 9.17) is 9.81 Å². The first kappa shape index (κ1) is 7.41. The summed E-state index contributed by atoms with van der Waals surface area (Å²) in [5.41, 5.74) is 0.907. The topological polar surface area (TPSA) is 64.3 Å². The molecule has 0 aromatic carbocycles. The van der Waals surface area contributed by atoms with Crippen molar-refractivity contribution in [3.63, 3.8) is 0 Å². The molecule has 1 unspecified atom stereocenters. The Morgan fingerprint density at radius 3 is 2.80 bits per heavy atom. The van der Waals surface area contributed by atoms with Gasteiger partial charge in [0.25, 0.3) is 0 Å². The predicted molar refractivity (Wildman–Crippen MR) is 36.0 cm³/mol. The van der Waals surface area contributed by atoms with Crippen LogP contribution in [0.2, 0.25) is 0 Å². The van der Waals surface area contributed by atoms with E-state index < -0.39 is 11.3 Å². The van der Waals surface area contributed by atoms with E-state index in [0.717, 1.165) is 5.57 Å². The maximum Gasteiger partial charge on any atom is 0.235 e. The summed E-state index contributed by atoms with van der Waals surface area (Å²) < 4.78 is 20.1. The smallest absolute Gasteiger partial charge is 0.235 e. The van der Waals surface area contributed by atoms with E-state index in [-0.39, 0.29) is 0 Å². The van der Waals surface area contributed by atoms with Crippen LogP contribution in [0.5, 0.6) is 0 Å². The molecule has 0 amide bonds. The van der Waals surface area contributed by atoms with Gasteiger partial charge in [-0.2, -0.15) is 9.57 Å². The molecule has 54 valence electrons. The molecule has 1 N–H and O–H groups in total. The number of hydrogen-bond acceptors (Lipinski definition) is 2. The molecule has 1 fully saturated rings. The lowest BCUT2D eigenvalue weighted by molar-refractivity contribution is 0.378. The van der Waals surface area contributed by atoms with Gasteiger partial charge in [-0.25, -0.2) is 4.21 Å². The van der Waals surface area contributed by atoms with Crippen molar-refractivity contribution in [2.75, 3.05) is 13.1 Å². The van der Waals surface area contributed by atoms with Crippen molar-refractivity contribution in [1.82, 2.24) is 4.31 Å². The van der Waals surface area contributed by atoms with Crippen LogP contribution in [0.25, 0.3) is 0 Å². The van der Waals surface area contributed by atoms with Crippen LogP contribution in [-0.4, -0.2) is 26.2 Å². The lowest BCUT2D eigenvalue weighted by Gasteiger charge is -2.28. The van der Waals surface area contributed by atoms with Crippen LogP contribution >= 0.6 is 0 Å². The van der Waals surface area contributed by atoms with Gasteiger partial charge in [-0.05, 0) is 5.57 Å². The Bertz CT molecular complexity index is 222. The van der Waals surface area contributed by atoms with Crippen LogP contribution in [0.15, 0.2) is 11.6 Å². The van der Waals surface area contributed by atoms with Crippen molar-refractivity contribution in [3.8, 4) is 6.07 Å². The Morgan fingerprint density at radius 1 is 1.80 bits per heavy atom. The third kappa shape index (κ3) is 1.42. The Hall–Kier alpha value is -0.700. The molecule has 1 saturated heterocycles. The first-order valence-electron chi connectivity index (χ1n) is 2.67. The highest BCUT2D eigenvalue weighted by Crippen LogP contribution is 2.14. The molecule has 0 saturated carbocycles. The molecule has 5 heteroatoms. The van der Waals surface area contributed by atoms with Gasteiger partial charge in [-0.15, -0.1) is 0 Å². The molecule has 0 aliphatic carbocycles. The van der Waals surface area contributed by atoms with E-state index in [1.165, 1.54) is 10.4 Å². The summed E-state index contributed by atoms with van der Waals surface area (Å²) in [5, 5.41) is 8.14. The molecular weight excluding hydrogens is 152 g/mol. The summed E-state index contributed by atoms with van der Waals surface area (Å²) in [7, 11) is 0. The Balaban J connectivity index is 2.39. The lowest BCUT2D eigenvalue weighted by Crippen LogP contribution is -2.40.